The first-order valence-corrected chi connectivity index (χ1v) is 11.9. The summed E-state index contributed by atoms with van der Waals surface area (Å²) >= 11 is 0. The van der Waals surface area contributed by atoms with Crippen LogP contribution in [0.15, 0.2) is 78.9 Å². The summed E-state index contributed by atoms with van der Waals surface area (Å²) in [5.74, 6) is 0.472. The topological polar surface area (TPSA) is 63.6 Å². The van der Waals surface area contributed by atoms with E-state index in [0.717, 1.165) is 40.6 Å². The number of ether oxygens (including phenoxy) is 1. The highest BCUT2D eigenvalue weighted by molar-refractivity contribution is 6.07. The summed E-state index contributed by atoms with van der Waals surface area (Å²) in [4.78, 5) is 28.3. The Morgan fingerprint density at radius 3 is 2.43 bits per heavy atom. The number of nitrogens with one attached hydrogen (secondary N) is 1. The molecule has 2 amide bonds. The van der Waals surface area contributed by atoms with Crippen molar-refractivity contribution >= 4 is 22.7 Å². The summed E-state index contributed by atoms with van der Waals surface area (Å²) in [6.45, 7) is 0.572. The molecule has 5 rings (SSSR count). The van der Waals surface area contributed by atoms with Crippen molar-refractivity contribution < 1.29 is 14.3 Å². The quantitative estimate of drug-likeness (QED) is 0.389. The molecule has 3 aromatic carbocycles. The lowest BCUT2D eigenvalue weighted by atomic mass is 9.98. The van der Waals surface area contributed by atoms with Gasteiger partial charge in [0.2, 0.25) is 5.91 Å². The lowest BCUT2D eigenvalue weighted by molar-refractivity contribution is -0.122. The van der Waals surface area contributed by atoms with Crippen LogP contribution in [0.3, 0.4) is 0 Å². The molecule has 0 unspecified atom stereocenters. The number of hydrogen-bond donors (Lipinski definition) is 1. The van der Waals surface area contributed by atoms with Crippen LogP contribution in [0.4, 0.5) is 0 Å². The second-order valence-electron chi connectivity index (χ2n) is 8.89. The van der Waals surface area contributed by atoms with Crippen molar-refractivity contribution in [3.8, 4) is 5.75 Å². The number of aromatic nitrogens is 1. The van der Waals surface area contributed by atoms with Crippen molar-refractivity contribution in [2.45, 2.75) is 18.9 Å². The SMILES string of the molecule is COc1ccc([C@@H]2c3c(n(C)c4ccccc34)C(=O)N2CC(=O)NCCCc2ccccc2)cc1. The molecule has 0 aliphatic carbocycles. The van der Waals surface area contributed by atoms with Crippen LogP contribution < -0.4 is 10.1 Å². The molecule has 6 nitrogen and oxygen atoms in total. The Labute approximate surface area is 205 Å². The molecule has 0 fully saturated rings. The smallest absolute Gasteiger partial charge is 0.272 e. The minimum atomic E-state index is -0.343. The largest absolute Gasteiger partial charge is 0.497 e. The molecule has 2 heterocycles. The maximum atomic E-state index is 13.6. The van der Waals surface area contributed by atoms with Gasteiger partial charge in [-0.25, -0.2) is 0 Å². The van der Waals surface area contributed by atoms with Crippen molar-refractivity contribution in [1.82, 2.24) is 14.8 Å². The number of para-hydroxylation sites is 1. The molecule has 6 heteroatoms. The fraction of sp³-hybridized carbons (Fsp3) is 0.241. The molecule has 1 N–H and O–H groups in total. The minimum absolute atomic E-state index is 0.00384. The summed E-state index contributed by atoms with van der Waals surface area (Å²) in [6.07, 6.45) is 1.74. The minimum Gasteiger partial charge on any atom is -0.497 e. The van der Waals surface area contributed by atoms with E-state index in [0.29, 0.717) is 12.2 Å². The van der Waals surface area contributed by atoms with Crippen molar-refractivity contribution in [2.75, 3.05) is 20.2 Å². The Morgan fingerprint density at radius 2 is 1.69 bits per heavy atom. The Bertz CT molecular complexity index is 1360. The van der Waals surface area contributed by atoms with Gasteiger partial charge in [0.15, 0.2) is 0 Å². The Morgan fingerprint density at radius 1 is 0.971 bits per heavy atom. The van der Waals surface area contributed by atoms with Crippen LogP contribution in [0.5, 0.6) is 5.75 Å². The van der Waals surface area contributed by atoms with Crippen molar-refractivity contribution in [1.29, 1.82) is 0 Å². The van der Waals surface area contributed by atoms with E-state index in [2.05, 4.69) is 17.4 Å². The summed E-state index contributed by atoms with van der Waals surface area (Å²) in [5, 5.41) is 4.03. The van der Waals surface area contributed by atoms with Gasteiger partial charge >= 0.3 is 0 Å². The zero-order valence-electron chi connectivity index (χ0n) is 20.0. The number of nitrogens with zero attached hydrogens (tertiary/aromatic N) is 2. The molecule has 1 aliphatic rings. The average molecular weight is 468 g/mol. The van der Waals surface area contributed by atoms with Gasteiger partial charge in [0.1, 0.15) is 18.0 Å². The van der Waals surface area contributed by atoms with Crippen molar-refractivity contribution in [3.63, 3.8) is 0 Å². The highest BCUT2D eigenvalue weighted by atomic mass is 16.5. The molecule has 0 saturated heterocycles. The van der Waals surface area contributed by atoms with Crippen LogP contribution >= 0.6 is 0 Å². The first-order chi connectivity index (χ1) is 17.1. The number of rotatable bonds is 8. The van der Waals surface area contributed by atoms with E-state index in [-0.39, 0.29) is 24.4 Å². The van der Waals surface area contributed by atoms with E-state index in [1.165, 1.54) is 5.56 Å². The van der Waals surface area contributed by atoms with Gasteiger partial charge in [-0.15, -0.1) is 0 Å². The Kier molecular flexibility index (Phi) is 6.27. The van der Waals surface area contributed by atoms with Crippen LogP contribution in [0.25, 0.3) is 10.9 Å². The van der Waals surface area contributed by atoms with E-state index >= 15 is 0 Å². The van der Waals surface area contributed by atoms with Gasteiger partial charge in [-0.3, -0.25) is 9.59 Å². The number of aryl methyl sites for hydroxylation is 2. The standard InChI is InChI=1S/C29H29N3O3/c1-31-24-13-7-6-12-23(24)26-27(21-14-16-22(35-2)17-15-21)32(29(34)28(26)31)19-25(33)30-18-8-11-20-9-4-3-5-10-20/h3-7,9-10,12-17,27H,8,11,18-19H2,1-2H3,(H,30,33)/t27-/m1/s1. The molecular formula is C29H29N3O3. The van der Waals surface area contributed by atoms with E-state index in [1.807, 2.05) is 78.3 Å². The van der Waals surface area contributed by atoms with E-state index in [4.69, 9.17) is 4.74 Å². The molecule has 1 aliphatic heterocycles. The van der Waals surface area contributed by atoms with Gasteiger partial charge in [0.25, 0.3) is 5.91 Å². The summed E-state index contributed by atoms with van der Waals surface area (Å²) in [6, 6.07) is 25.6. The van der Waals surface area contributed by atoms with Gasteiger partial charge in [-0.2, -0.15) is 0 Å². The fourth-order valence-electron chi connectivity index (χ4n) is 5.04. The molecule has 0 saturated carbocycles. The molecule has 1 aromatic heterocycles. The second kappa shape index (κ2) is 9.66. The number of benzene rings is 3. The molecule has 1 atom stereocenters. The number of carbonyl (C=O) groups excluding carboxylic acids is 2. The van der Waals surface area contributed by atoms with Gasteiger partial charge in [0.05, 0.1) is 13.2 Å². The normalized spacial score (nSPS) is 14.9. The number of methoxy groups -OCH3 is 1. The Balaban J connectivity index is 1.38. The Hall–Kier alpha value is -4.06. The van der Waals surface area contributed by atoms with E-state index in [1.54, 1.807) is 12.0 Å². The maximum Gasteiger partial charge on any atom is 0.272 e. The van der Waals surface area contributed by atoms with Gasteiger partial charge < -0.3 is 19.5 Å². The average Bonchev–Trinajstić information content (AvgIpc) is 3.34. The van der Waals surface area contributed by atoms with Crippen LogP contribution in [-0.4, -0.2) is 41.5 Å². The van der Waals surface area contributed by atoms with Crippen molar-refractivity contribution in [3.05, 3.63) is 101 Å². The predicted octanol–water partition coefficient (Wildman–Crippen LogP) is 4.48. The van der Waals surface area contributed by atoms with Gasteiger partial charge in [0, 0.05) is 30.1 Å². The summed E-state index contributed by atoms with van der Waals surface area (Å²) in [7, 11) is 3.54. The van der Waals surface area contributed by atoms with Crippen LogP contribution in [0.2, 0.25) is 0 Å². The first-order valence-electron chi connectivity index (χ1n) is 11.9. The third kappa shape index (κ3) is 4.28. The number of amides is 2. The second-order valence-corrected chi connectivity index (χ2v) is 8.89. The summed E-state index contributed by atoms with van der Waals surface area (Å²) in [5.41, 5.74) is 4.80. The van der Waals surface area contributed by atoms with Crippen molar-refractivity contribution in [2.24, 2.45) is 7.05 Å². The summed E-state index contributed by atoms with van der Waals surface area (Å²) < 4.78 is 7.27. The molecule has 35 heavy (non-hydrogen) atoms. The molecule has 178 valence electrons. The fourth-order valence-corrected chi connectivity index (χ4v) is 5.04. The first kappa shape index (κ1) is 22.7. The highest BCUT2D eigenvalue weighted by Crippen LogP contribution is 2.43. The highest BCUT2D eigenvalue weighted by Gasteiger charge is 2.42. The molecule has 0 spiro atoms. The maximum absolute atomic E-state index is 13.6. The van der Waals surface area contributed by atoms with Gasteiger partial charge in [-0.05, 0) is 42.2 Å². The van der Waals surface area contributed by atoms with Crippen LogP contribution in [-0.2, 0) is 18.3 Å². The predicted molar refractivity (Wildman–Crippen MR) is 137 cm³/mol. The third-order valence-corrected chi connectivity index (χ3v) is 6.75. The molecule has 4 aromatic rings. The number of carbonyl (C=O) groups is 2. The number of fused-ring (bicyclic) bond motifs is 3. The lowest BCUT2D eigenvalue weighted by Gasteiger charge is -2.26. The third-order valence-electron chi connectivity index (χ3n) is 6.75. The number of hydrogen-bond acceptors (Lipinski definition) is 3. The van der Waals surface area contributed by atoms with Crippen LogP contribution in [0.1, 0.15) is 39.6 Å². The monoisotopic (exact) mass is 467 g/mol. The van der Waals surface area contributed by atoms with E-state index < -0.39 is 0 Å². The van der Waals surface area contributed by atoms with E-state index in [9.17, 15) is 9.59 Å². The molecular weight excluding hydrogens is 438 g/mol. The van der Waals surface area contributed by atoms with Gasteiger partial charge in [-0.1, -0.05) is 60.7 Å². The zero-order chi connectivity index (χ0) is 24.4. The van der Waals surface area contributed by atoms with Crippen LogP contribution in [0, 0.1) is 0 Å². The molecule has 0 bridgehead atoms. The lowest BCUT2D eigenvalue weighted by Crippen LogP contribution is -2.40. The molecule has 0 radical (unpaired) electrons. The zero-order valence-corrected chi connectivity index (χ0v) is 20.0.